The van der Waals surface area contributed by atoms with Gasteiger partial charge in [0.25, 0.3) is 11.5 Å². The molecule has 1 aliphatic rings. The fourth-order valence-electron chi connectivity index (χ4n) is 3.47. The number of aromatic nitrogens is 2. The first kappa shape index (κ1) is 20.1. The van der Waals surface area contributed by atoms with Crippen LogP contribution in [0.4, 0.5) is 0 Å². The standard InChI is InChI=1S/C21H21N5O3S/c1-15(29-18-4-2-3-16(11-18)13-22)20(28)25-7-5-24(6-8-25)14-17-12-19(27)26-9-10-30-21(26)23-17/h2-4,9-12,15H,5-8,14H2,1H3. The van der Waals surface area contributed by atoms with Gasteiger partial charge in [0.1, 0.15) is 5.75 Å². The maximum absolute atomic E-state index is 12.7. The second-order valence-electron chi connectivity index (χ2n) is 7.14. The first-order valence-corrected chi connectivity index (χ1v) is 10.6. The molecule has 3 heterocycles. The Morgan fingerprint density at radius 3 is 2.87 bits per heavy atom. The van der Waals surface area contributed by atoms with Crippen molar-refractivity contribution in [1.82, 2.24) is 19.2 Å². The summed E-state index contributed by atoms with van der Waals surface area (Å²) in [6.07, 6.45) is 1.09. The highest BCUT2D eigenvalue weighted by molar-refractivity contribution is 7.15. The minimum absolute atomic E-state index is 0.0727. The van der Waals surface area contributed by atoms with Crippen LogP contribution in [0.3, 0.4) is 0 Å². The molecule has 154 valence electrons. The van der Waals surface area contributed by atoms with Crippen LogP contribution in [0.25, 0.3) is 4.96 Å². The Morgan fingerprint density at radius 1 is 1.30 bits per heavy atom. The van der Waals surface area contributed by atoms with Crippen molar-refractivity contribution in [2.45, 2.75) is 19.6 Å². The van der Waals surface area contributed by atoms with E-state index in [1.54, 1.807) is 52.8 Å². The fraction of sp³-hybridized carbons (Fsp3) is 0.333. The number of nitriles is 1. The molecular formula is C21H21N5O3S. The van der Waals surface area contributed by atoms with Crippen molar-refractivity contribution in [3.8, 4) is 11.8 Å². The molecule has 8 nitrogen and oxygen atoms in total. The van der Waals surface area contributed by atoms with Crippen LogP contribution in [0.15, 0.2) is 46.7 Å². The van der Waals surface area contributed by atoms with E-state index in [-0.39, 0.29) is 11.5 Å². The van der Waals surface area contributed by atoms with Gasteiger partial charge in [-0.25, -0.2) is 4.98 Å². The normalized spacial score (nSPS) is 15.7. The molecule has 0 bridgehead atoms. The molecule has 1 fully saturated rings. The third-order valence-electron chi connectivity index (χ3n) is 5.05. The largest absolute Gasteiger partial charge is 0.481 e. The number of rotatable bonds is 5. The summed E-state index contributed by atoms with van der Waals surface area (Å²) in [6, 6.07) is 10.4. The number of amides is 1. The maximum atomic E-state index is 12.7. The molecular weight excluding hydrogens is 402 g/mol. The molecule has 1 aliphatic heterocycles. The number of nitrogens with zero attached hydrogens (tertiary/aromatic N) is 5. The lowest BCUT2D eigenvalue weighted by atomic mass is 10.2. The molecule has 0 spiro atoms. The summed E-state index contributed by atoms with van der Waals surface area (Å²) in [5, 5.41) is 10.8. The van der Waals surface area contributed by atoms with Gasteiger partial charge in [0.05, 0.1) is 17.3 Å². The number of piperazine rings is 1. The summed E-state index contributed by atoms with van der Waals surface area (Å²) in [7, 11) is 0. The SMILES string of the molecule is CC(Oc1cccc(C#N)c1)C(=O)N1CCN(Cc2cc(=O)n3ccsc3n2)CC1. The predicted octanol–water partition coefficient (Wildman–Crippen LogP) is 1.74. The van der Waals surface area contributed by atoms with Crippen molar-refractivity contribution < 1.29 is 9.53 Å². The van der Waals surface area contributed by atoms with Gasteiger partial charge >= 0.3 is 0 Å². The lowest BCUT2D eigenvalue weighted by Gasteiger charge is -2.35. The van der Waals surface area contributed by atoms with Gasteiger partial charge in [-0.1, -0.05) is 6.07 Å². The van der Waals surface area contributed by atoms with Gasteiger partial charge in [-0.3, -0.25) is 18.9 Å². The zero-order chi connectivity index (χ0) is 21.1. The van der Waals surface area contributed by atoms with Crippen molar-refractivity contribution in [3.63, 3.8) is 0 Å². The van der Waals surface area contributed by atoms with Crippen LogP contribution in [-0.4, -0.2) is 57.4 Å². The van der Waals surface area contributed by atoms with E-state index in [0.29, 0.717) is 49.0 Å². The molecule has 9 heteroatoms. The number of thiazole rings is 1. The van der Waals surface area contributed by atoms with Crippen molar-refractivity contribution in [2.24, 2.45) is 0 Å². The molecule has 0 N–H and O–H groups in total. The number of benzene rings is 1. The average molecular weight is 423 g/mol. The Labute approximate surface area is 177 Å². The van der Waals surface area contributed by atoms with Crippen LogP contribution in [0, 0.1) is 11.3 Å². The quantitative estimate of drug-likeness (QED) is 0.621. The van der Waals surface area contributed by atoms with Gasteiger partial charge in [-0.2, -0.15) is 5.26 Å². The van der Waals surface area contributed by atoms with E-state index in [2.05, 4.69) is 16.0 Å². The van der Waals surface area contributed by atoms with Gasteiger partial charge in [0.15, 0.2) is 11.1 Å². The van der Waals surface area contributed by atoms with Crippen molar-refractivity contribution in [3.05, 3.63) is 63.5 Å². The molecule has 0 saturated carbocycles. The van der Waals surface area contributed by atoms with Gasteiger partial charge in [0, 0.05) is 50.4 Å². The second kappa shape index (κ2) is 8.65. The lowest BCUT2D eigenvalue weighted by Crippen LogP contribution is -2.51. The van der Waals surface area contributed by atoms with Gasteiger partial charge < -0.3 is 9.64 Å². The fourth-order valence-corrected chi connectivity index (χ4v) is 4.21. The monoisotopic (exact) mass is 423 g/mol. The summed E-state index contributed by atoms with van der Waals surface area (Å²) in [4.78, 5) is 34.1. The first-order valence-electron chi connectivity index (χ1n) is 9.67. The molecule has 30 heavy (non-hydrogen) atoms. The number of fused-ring (bicyclic) bond motifs is 1. The Bertz CT molecular complexity index is 1160. The molecule has 1 aromatic carbocycles. The molecule has 0 radical (unpaired) electrons. The van der Waals surface area contributed by atoms with Gasteiger partial charge in [-0.05, 0) is 25.1 Å². The molecule has 1 saturated heterocycles. The van der Waals surface area contributed by atoms with E-state index < -0.39 is 6.10 Å². The number of carbonyl (C=O) groups excluding carboxylic acids is 1. The number of hydrogen-bond acceptors (Lipinski definition) is 7. The Hall–Kier alpha value is -3.22. The first-order chi connectivity index (χ1) is 14.5. The van der Waals surface area contributed by atoms with Crippen LogP contribution < -0.4 is 10.3 Å². The average Bonchev–Trinajstić information content (AvgIpc) is 3.23. The third kappa shape index (κ3) is 4.35. The van der Waals surface area contributed by atoms with Gasteiger partial charge in [-0.15, -0.1) is 11.3 Å². The number of hydrogen-bond donors (Lipinski definition) is 0. The summed E-state index contributed by atoms with van der Waals surface area (Å²) >= 11 is 1.44. The zero-order valence-electron chi connectivity index (χ0n) is 16.5. The van der Waals surface area contributed by atoms with Crippen LogP contribution in [-0.2, 0) is 11.3 Å². The molecule has 1 atom stereocenters. The highest BCUT2D eigenvalue weighted by Crippen LogP contribution is 2.16. The lowest BCUT2D eigenvalue weighted by molar-refractivity contribution is -0.139. The van der Waals surface area contributed by atoms with E-state index in [1.165, 1.54) is 11.3 Å². The topological polar surface area (TPSA) is 90.9 Å². The van der Waals surface area contributed by atoms with Crippen molar-refractivity contribution >= 4 is 22.2 Å². The van der Waals surface area contributed by atoms with Crippen LogP contribution in [0.2, 0.25) is 0 Å². The van der Waals surface area contributed by atoms with E-state index in [0.717, 1.165) is 5.69 Å². The predicted molar refractivity (Wildman–Crippen MR) is 112 cm³/mol. The molecule has 1 unspecified atom stereocenters. The number of ether oxygens (including phenoxy) is 1. The second-order valence-corrected chi connectivity index (χ2v) is 8.02. The van der Waals surface area contributed by atoms with E-state index >= 15 is 0 Å². The maximum Gasteiger partial charge on any atom is 0.263 e. The Morgan fingerprint density at radius 2 is 2.10 bits per heavy atom. The molecule has 3 aromatic rings. The molecule has 0 aliphatic carbocycles. The highest BCUT2D eigenvalue weighted by Gasteiger charge is 2.26. The van der Waals surface area contributed by atoms with Crippen molar-refractivity contribution in [2.75, 3.05) is 26.2 Å². The van der Waals surface area contributed by atoms with Gasteiger partial charge in [0.2, 0.25) is 0 Å². The van der Waals surface area contributed by atoms with Crippen molar-refractivity contribution in [1.29, 1.82) is 5.26 Å². The Kier molecular flexibility index (Phi) is 5.79. The third-order valence-corrected chi connectivity index (χ3v) is 5.81. The van der Waals surface area contributed by atoms with E-state index in [4.69, 9.17) is 10.00 Å². The Balaban J connectivity index is 1.32. The molecule has 4 rings (SSSR count). The van der Waals surface area contributed by atoms with Crippen LogP contribution in [0.5, 0.6) is 5.75 Å². The van der Waals surface area contributed by atoms with E-state index in [1.807, 2.05) is 5.38 Å². The summed E-state index contributed by atoms with van der Waals surface area (Å²) in [5.74, 6) is 0.434. The zero-order valence-corrected chi connectivity index (χ0v) is 17.3. The van der Waals surface area contributed by atoms with Crippen LogP contribution >= 0.6 is 11.3 Å². The summed E-state index contributed by atoms with van der Waals surface area (Å²) < 4.78 is 7.28. The molecule has 2 aromatic heterocycles. The number of carbonyl (C=O) groups is 1. The van der Waals surface area contributed by atoms with Crippen LogP contribution in [0.1, 0.15) is 18.2 Å². The minimum atomic E-state index is -0.631. The highest BCUT2D eigenvalue weighted by atomic mass is 32.1. The summed E-state index contributed by atoms with van der Waals surface area (Å²) in [6.45, 7) is 4.89. The summed E-state index contributed by atoms with van der Waals surface area (Å²) in [5.41, 5.74) is 1.17. The smallest absolute Gasteiger partial charge is 0.263 e. The minimum Gasteiger partial charge on any atom is -0.481 e. The van der Waals surface area contributed by atoms with E-state index in [9.17, 15) is 9.59 Å². The molecule has 1 amide bonds.